The van der Waals surface area contributed by atoms with Crippen molar-refractivity contribution >= 4 is 133 Å². The van der Waals surface area contributed by atoms with Crippen LogP contribution in [0.15, 0.2) is 504 Å². The molecule has 0 atom stereocenters. The number of anilines is 12. The lowest BCUT2D eigenvalue weighted by Gasteiger charge is -2.31. The third-order valence-electron chi connectivity index (χ3n) is 29.1. The molecule has 24 aromatic rings. The first-order chi connectivity index (χ1) is 71.1. The lowest BCUT2D eigenvalue weighted by molar-refractivity contribution is 1.25. The van der Waals surface area contributed by atoms with Crippen LogP contribution in [0.2, 0.25) is 0 Å². The van der Waals surface area contributed by atoms with Gasteiger partial charge in [0.2, 0.25) is 0 Å². The van der Waals surface area contributed by atoms with E-state index in [1.807, 2.05) is 0 Å². The molecule has 0 amide bonds. The first-order valence-corrected chi connectivity index (χ1v) is 50.4. The van der Waals surface area contributed by atoms with E-state index in [0.29, 0.717) is 0 Å². The Morgan fingerprint density at radius 2 is 0.255 bits per heavy atom. The SMILES string of the molecule is Cc1ccc(N(c2ccc(-c3ccc(-c4ccccc4)cc3)cc2)c2cc3c4cc(C)ccc4c(N(c4ccc(-c5ccc(-c6ccccc6)cc5)cc4)c4ccc(C)cc4C)cc3c3ccccc23)c(C)c1.Cc1ccc(N(c2ccc(-c3ccc(-c4ccccc4)cc3)cc2)c2cc3c4ccccc4c(N(c4ccc(-c5ccc(-c6ccccc6)cc5)cc4)c4ccc(C)cc4C)cc3c3ccccc23)c(C)c1. The normalized spacial score (nSPS) is 11.3. The first-order valence-electron chi connectivity index (χ1n) is 50.4. The Morgan fingerprint density at radius 3 is 0.462 bits per heavy atom. The van der Waals surface area contributed by atoms with Crippen LogP contribution in [-0.2, 0) is 0 Å². The molecule has 4 heteroatoms. The van der Waals surface area contributed by atoms with Gasteiger partial charge in [0.15, 0.2) is 0 Å². The van der Waals surface area contributed by atoms with Crippen molar-refractivity contribution in [1.29, 1.82) is 0 Å². The van der Waals surface area contributed by atoms with Crippen molar-refractivity contribution in [1.82, 2.24) is 0 Å². The summed E-state index contributed by atoms with van der Waals surface area (Å²) in [4.78, 5) is 9.91. The largest absolute Gasteiger partial charge is 0.310 e. The van der Waals surface area contributed by atoms with Crippen LogP contribution in [0.4, 0.5) is 68.2 Å². The van der Waals surface area contributed by atoms with Gasteiger partial charge in [0.1, 0.15) is 0 Å². The van der Waals surface area contributed by atoms with E-state index in [0.717, 1.165) is 68.2 Å². The molecule has 24 rings (SSSR count). The number of hydrogen-bond acceptors (Lipinski definition) is 4. The zero-order chi connectivity index (χ0) is 98.3. The molecular formula is C141H110N4. The summed E-state index contributed by atoms with van der Waals surface area (Å²) in [7, 11) is 0. The van der Waals surface area contributed by atoms with Gasteiger partial charge in [0, 0.05) is 67.0 Å². The average molecular weight is 1860 g/mol. The smallest absolute Gasteiger partial charge is 0.0546 e. The Bertz CT molecular complexity index is 8670. The maximum atomic E-state index is 2.48. The molecule has 0 fully saturated rings. The standard InChI is InChI=1S/C71H56N2.C70H54N2/c1-47-21-40-68(50(4)42-47)72(60-35-31-58(32-36-60)56-27-23-54(24-28-56)52-14-8-6-9-15-52)70-46-67-65-44-49(3)20-39-64(65)71(45-66(67)62-18-12-13-19-63(62)70)73(69-41-22-48(2)43-51(69)5)61-37-33-59(34-38-61)57-29-25-55(26-30-57)53-16-10-7-11-17-53;1-47-23-41-67(49(3)43-47)71(59-37-33-57(34-38-59)55-29-25-53(26-30-55)51-15-7-5-8-16-51)69-45-65-62-20-12-14-22-64(62)70(46-66(65)61-19-11-13-21-63(61)69)72(68-42-24-48(2)44-50(68)4)60-39-35-58(36-40-60)56-31-27-54(28-32-56)52-17-9-6-10-18-52/h6-46H,1-5H3;5-46H,1-4H3. The van der Waals surface area contributed by atoms with E-state index in [9.17, 15) is 0 Å². The van der Waals surface area contributed by atoms with Crippen molar-refractivity contribution in [2.75, 3.05) is 19.6 Å². The predicted molar refractivity (Wildman–Crippen MR) is 623 cm³/mol. The molecule has 694 valence electrons. The van der Waals surface area contributed by atoms with Gasteiger partial charge in [-0.1, -0.05) is 434 Å². The zero-order valence-electron chi connectivity index (χ0n) is 83.2. The molecule has 0 saturated heterocycles. The minimum absolute atomic E-state index is 1.11. The molecule has 145 heavy (non-hydrogen) atoms. The minimum Gasteiger partial charge on any atom is -0.310 e. The molecule has 0 radical (unpaired) electrons. The van der Waals surface area contributed by atoms with Gasteiger partial charge >= 0.3 is 0 Å². The van der Waals surface area contributed by atoms with Gasteiger partial charge in [0.25, 0.3) is 0 Å². The van der Waals surface area contributed by atoms with Crippen LogP contribution in [0.1, 0.15) is 50.1 Å². The van der Waals surface area contributed by atoms with Gasteiger partial charge in [-0.15, -0.1) is 0 Å². The van der Waals surface area contributed by atoms with Crippen LogP contribution < -0.4 is 19.6 Å². The highest BCUT2D eigenvalue weighted by Gasteiger charge is 2.29. The van der Waals surface area contributed by atoms with Crippen LogP contribution in [0.3, 0.4) is 0 Å². The van der Waals surface area contributed by atoms with Crippen molar-refractivity contribution in [3.05, 3.63) is 554 Å². The fraction of sp³-hybridized carbons (Fsp3) is 0.0638. The summed E-state index contributed by atoms with van der Waals surface area (Å²) in [5.74, 6) is 0. The molecule has 0 aliphatic carbocycles. The van der Waals surface area contributed by atoms with Crippen LogP contribution in [0.5, 0.6) is 0 Å². The highest BCUT2D eigenvalue weighted by molar-refractivity contribution is 6.27. The molecule has 0 bridgehead atoms. The predicted octanol–water partition coefficient (Wildman–Crippen LogP) is 40.3. The summed E-state index contributed by atoms with van der Waals surface area (Å²) in [5, 5.41) is 14.5. The monoisotopic (exact) mass is 1860 g/mol. The highest BCUT2D eigenvalue weighted by atomic mass is 15.2. The van der Waals surface area contributed by atoms with Gasteiger partial charge in [-0.3, -0.25) is 0 Å². The van der Waals surface area contributed by atoms with E-state index < -0.39 is 0 Å². The van der Waals surface area contributed by atoms with Gasteiger partial charge in [-0.25, -0.2) is 0 Å². The van der Waals surface area contributed by atoms with E-state index >= 15 is 0 Å². The van der Waals surface area contributed by atoms with Crippen molar-refractivity contribution in [3.8, 4) is 89.0 Å². The number of hydrogen-bond donors (Lipinski definition) is 0. The Kier molecular flexibility index (Phi) is 24.6. The number of aryl methyl sites for hydroxylation is 9. The number of fused-ring (bicyclic) bond motifs is 10. The van der Waals surface area contributed by atoms with Gasteiger partial charge in [0.05, 0.1) is 22.7 Å². The molecule has 0 N–H and O–H groups in total. The molecule has 4 nitrogen and oxygen atoms in total. The number of nitrogens with zero attached hydrogens (tertiary/aromatic N) is 4. The molecule has 0 aromatic heterocycles. The molecular weight excluding hydrogens is 1750 g/mol. The highest BCUT2D eigenvalue weighted by Crippen LogP contribution is 2.54. The maximum absolute atomic E-state index is 2.48. The van der Waals surface area contributed by atoms with E-state index in [2.05, 4.69) is 585 Å². The van der Waals surface area contributed by atoms with Crippen LogP contribution in [-0.4, -0.2) is 0 Å². The minimum atomic E-state index is 1.11. The number of rotatable bonds is 20. The average Bonchev–Trinajstić information content (AvgIpc) is 0.726. The van der Waals surface area contributed by atoms with Crippen molar-refractivity contribution in [2.45, 2.75) is 62.3 Å². The summed E-state index contributed by atoms with van der Waals surface area (Å²) in [6, 6.07) is 185. The van der Waals surface area contributed by atoms with E-state index in [4.69, 9.17) is 0 Å². The van der Waals surface area contributed by atoms with Crippen molar-refractivity contribution in [2.24, 2.45) is 0 Å². The lowest BCUT2D eigenvalue weighted by atomic mass is 9.92. The summed E-state index contributed by atoms with van der Waals surface area (Å²) in [6.07, 6.45) is 0. The fourth-order valence-electron chi connectivity index (χ4n) is 21.7. The van der Waals surface area contributed by atoms with Crippen LogP contribution in [0, 0.1) is 62.3 Å². The van der Waals surface area contributed by atoms with E-state index in [1.165, 1.54) is 204 Å². The molecule has 0 heterocycles. The van der Waals surface area contributed by atoms with E-state index in [1.54, 1.807) is 0 Å². The topological polar surface area (TPSA) is 13.0 Å². The Morgan fingerprint density at radius 1 is 0.103 bits per heavy atom. The summed E-state index contributed by atoms with van der Waals surface area (Å²) in [6.45, 7) is 19.9. The summed E-state index contributed by atoms with van der Waals surface area (Å²) in [5.41, 5.74) is 44.0. The van der Waals surface area contributed by atoms with Crippen LogP contribution >= 0.6 is 0 Å². The zero-order valence-corrected chi connectivity index (χ0v) is 83.2. The van der Waals surface area contributed by atoms with Crippen molar-refractivity contribution in [3.63, 3.8) is 0 Å². The Balaban J connectivity index is 0.000000160. The second-order valence-corrected chi connectivity index (χ2v) is 38.9. The first kappa shape index (κ1) is 90.9. The fourth-order valence-corrected chi connectivity index (χ4v) is 21.7. The Labute approximate surface area is 851 Å². The van der Waals surface area contributed by atoms with Gasteiger partial charge in [-0.2, -0.15) is 0 Å². The van der Waals surface area contributed by atoms with Crippen molar-refractivity contribution < 1.29 is 0 Å². The molecule has 0 aliphatic heterocycles. The lowest BCUT2D eigenvalue weighted by Crippen LogP contribution is -2.13. The number of benzene rings is 24. The summed E-state index contributed by atoms with van der Waals surface area (Å²) >= 11 is 0. The molecule has 0 saturated carbocycles. The van der Waals surface area contributed by atoms with E-state index in [-0.39, 0.29) is 0 Å². The quantitative estimate of drug-likeness (QED) is 0.0705. The van der Waals surface area contributed by atoms with Gasteiger partial charge in [-0.05, 0) is 314 Å². The second kappa shape index (κ2) is 39.3. The maximum Gasteiger partial charge on any atom is 0.0546 e. The molecule has 0 spiro atoms. The molecule has 0 unspecified atom stereocenters. The second-order valence-electron chi connectivity index (χ2n) is 38.9. The third kappa shape index (κ3) is 18.0. The molecule has 24 aromatic carbocycles. The summed E-state index contributed by atoms with van der Waals surface area (Å²) < 4.78 is 0. The van der Waals surface area contributed by atoms with Gasteiger partial charge < -0.3 is 19.6 Å². The van der Waals surface area contributed by atoms with Crippen LogP contribution in [0.25, 0.3) is 154 Å². The Hall–Kier alpha value is -18.0. The molecule has 0 aliphatic rings. The third-order valence-corrected chi connectivity index (χ3v) is 29.1.